The zero-order valence-corrected chi connectivity index (χ0v) is 13.8. The number of methoxy groups -OCH3 is 1. The predicted molar refractivity (Wildman–Crippen MR) is 87.6 cm³/mol. The maximum Gasteiger partial charge on any atom is 0.337 e. The van der Waals surface area contributed by atoms with E-state index in [0.717, 1.165) is 35.5 Å². The molecule has 2 heterocycles. The smallest absolute Gasteiger partial charge is 0.337 e. The summed E-state index contributed by atoms with van der Waals surface area (Å²) in [6, 6.07) is 5.71. The first kappa shape index (κ1) is 15.5. The zero-order valence-electron chi connectivity index (χ0n) is 13.8. The molecule has 0 aliphatic carbocycles. The van der Waals surface area contributed by atoms with Crippen LogP contribution in [0.5, 0.6) is 11.5 Å². The summed E-state index contributed by atoms with van der Waals surface area (Å²) in [5.41, 5.74) is 4.25. The van der Waals surface area contributed by atoms with Gasteiger partial charge in [-0.2, -0.15) is 0 Å². The number of aromatic carboxylic acids is 1. The number of benzene rings is 1. The molecule has 1 aliphatic rings. The van der Waals surface area contributed by atoms with Gasteiger partial charge in [0.25, 0.3) is 0 Å². The van der Waals surface area contributed by atoms with Gasteiger partial charge < -0.3 is 19.1 Å². The third-order valence-corrected chi connectivity index (χ3v) is 4.23. The van der Waals surface area contributed by atoms with Crippen LogP contribution in [-0.2, 0) is 13.0 Å². The average Bonchev–Trinajstić information content (AvgIpc) is 2.84. The normalized spacial score (nSPS) is 12.7. The summed E-state index contributed by atoms with van der Waals surface area (Å²) in [6.45, 7) is 6.56. The Morgan fingerprint density at radius 2 is 2.00 bits per heavy atom. The molecule has 2 aromatic rings. The molecule has 5 nitrogen and oxygen atoms in total. The fraction of sp³-hybridized carbons (Fsp3) is 0.389. The van der Waals surface area contributed by atoms with Crippen molar-refractivity contribution >= 4 is 5.97 Å². The molecular formula is C18H21NO4. The van der Waals surface area contributed by atoms with Crippen LogP contribution >= 0.6 is 0 Å². The third kappa shape index (κ3) is 2.56. The summed E-state index contributed by atoms with van der Waals surface area (Å²) in [5, 5.41) is 9.36. The van der Waals surface area contributed by atoms with Crippen LogP contribution in [0.4, 0.5) is 0 Å². The second-order valence-corrected chi connectivity index (χ2v) is 6.06. The molecule has 23 heavy (non-hydrogen) atoms. The largest absolute Gasteiger partial charge is 0.493 e. The highest BCUT2D eigenvalue weighted by atomic mass is 16.5. The maximum atomic E-state index is 11.4. The van der Waals surface area contributed by atoms with Gasteiger partial charge in [-0.1, -0.05) is 0 Å². The van der Waals surface area contributed by atoms with E-state index in [9.17, 15) is 9.90 Å². The minimum atomic E-state index is -0.891. The molecule has 0 amide bonds. The van der Waals surface area contributed by atoms with Crippen molar-refractivity contribution in [1.29, 1.82) is 0 Å². The first-order valence-corrected chi connectivity index (χ1v) is 7.73. The fourth-order valence-electron chi connectivity index (χ4n) is 3.16. The summed E-state index contributed by atoms with van der Waals surface area (Å²) in [5.74, 6) is 0.510. The summed E-state index contributed by atoms with van der Waals surface area (Å²) in [7, 11) is 1.63. The molecule has 0 atom stereocenters. The van der Waals surface area contributed by atoms with Gasteiger partial charge in [0, 0.05) is 23.5 Å². The Hall–Kier alpha value is -2.43. The zero-order chi connectivity index (χ0) is 16.7. The van der Waals surface area contributed by atoms with Crippen molar-refractivity contribution in [1.82, 2.24) is 4.57 Å². The Bertz CT molecular complexity index is 774. The van der Waals surface area contributed by atoms with E-state index in [4.69, 9.17) is 9.47 Å². The van der Waals surface area contributed by atoms with Crippen LogP contribution in [0.15, 0.2) is 18.2 Å². The quantitative estimate of drug-likeness (QED) is 0.938. The lowest BCUT2D eigenvalue weighted by Crippen LogP contribution is -2.13. The van der Waals surface area contributed by atoms with Crippen LogP contribution in [0.25, 0.3) is 11.3 Å². The molecule has 0 fully saturated rings. The van der Waals surface area contributed by atoms with Gasteiger partial charge in [-0.3, -0.25) is 0 Å². The molecule has 0 saturated carbocycles. The number of nitrogens with zero attached hydrogens (tertiary/aromatic N) is 1. The van der Waals surface area contributed by atoms with Gasteiger partial charge in [0.15, 0.2) is 11.5 Å². The number of fused-ring (bicyclic) bond motifs is 3. The molecule has 5 heteroatoms. The molecule has 0 saturated heterocycles. The Balaban J connectivity index is 2.17. The van der Waals surface area contributed by atoms with Crippen LogP contribution in [0.1, 0.15) is 35.5 Å². The van der Waals surface area contributed by atoms with E-state index < -0.39 is 5.97 Å². The van der Waals surface area contributed by atoms with E-state index in [1.807, 2.05) is 32.9 Å². The molecule has 1 aromatic heterocycles. The predicted octanol–water partition coefficient (Wildman–Crippen LogP) is 3.51. The number of aryl methyl sites for hydroxylation is 1. The highest BCUT2D eigenvalue weighted by Crippen LogP contribution is 2.40. The molecule has 0 spiro atoms. The second-order valence-electron chi connectivity index (χ2n) is 6.06. The van der Waals surface area contributed by atoms with Gasteiger partial charge in [0.1, 0.15) is 0 Å². The van der Waals surface area contributed by atoms with Gasteiger partial charge in [0.2, 0.25) is 0 Å². The van der Waals surface area contributed by atoms with Crippen LogP contribution in [0, 0.1) is 6.92 Å². The van der Waals surface area contributed by atoms with Crippen LogP contribution in [-0.4, -0.2) is 28.9 Å². The van der Waals surface area contributed by atoms with Crippen molar-refractivity contribution < 1.29 is 19.4 Å². The average molecular weight is 315 g/mol. The van der Waals surface area contributed by atoms with Crippen molar-refractivity contribution in [2.24, 2.45) is 0 Å². The first-order chi connectivity index (χ1) is 10.9. The monoisotopic (exact) mass is 315 g/mol. The lowest BCUT2D eigenvalue weighted by molar-refractivity contribution is 0.0696. The molecule has 0 unspecified atom stereocenters. The third-order valence-electron chi connectivity index (χ3n) is 4.23. The molecule has 1 aliphatic heterocycles. The molecule has 1 aromatic carbocycles. The van der Waals surface area contributed by atoms with Gasteiger partial charge in [-0.05, 0) is 51.0 Å². The number of carboxylic acids is 1. The molecule has 122 valence electrons. The number of rotatable bonds is 4. The van der Waals surface area contributed by atoms with Crippen molar-refractivity contribution in [2.45, 2.75) is 39.8 Å². The summed E-state index contributed by atoms with van der Waals surface area (Å²) in [4.78, 5) is 11.4. The topological polar surface area (TPSA) is 60.7 Å². The highest BCUT2D eigenvalue weighted by Gasteiger charge is 2.24. The Morgan fingerprint density at radius 3 is 2.61 bits per heavy atom. The Kier molecular flexibility index (Phi) is 3.80. The Morgan fingerprint density at radius 1 is 1.26 bits per heavy atom. The number of hydrogen-bond acceptors (Lipinski definition) is 3. The molecule has 0 radical (unpaired) electrons. The molecule has 3 rings (SSSR count). The van der Waals surface area contributed by atoms with Gasteiger partial charge in [-0.15, -0.1) is 0 Å². The van der Waals surface area contributed by atoms with E-state index in [1.165, 1.54) is 0 Å². The summed E-state index contributed by atoms with van der Waals surface area (Å²) in [6.07, 6.45) is 0.878. The SMILES string of the molecule is COc1cc2c(cc1OC(C)C)-c1cc(C(=O)O)c(C)n1CC2. The maximum absolute atomic E-state index is 11.4. The first-order valence-electron chi connectivity index (χ1n) is 7.73. The van der Waals surface area contributed by atoms with Crippen LogP contribution < -0.4 is 9.47 Å². The molecule has 1 N–H and O–H groups in total. The lowest BCUT2D eigenvalue weighted by atomic mass is 9.97. The lowest BCUT2D eigenvalue weighted by Gasteiger charge is -2.23. The second kappa shape index (κ2) is 5.65. The van der Waals surface area contributed by atoms with E-state index in [2.05, 4.69) is 4.57 Å². The summed E-state index contributed by atoms with van der Waals surface area (Å²) < 4.78 is 13.4. The molecular weight excluding hydrogens is 294 g/mol. The Labute approximate surface area is 135 Å². The van der Waals surface area contributed by atoms with Crippen molar-refractivity contribution in [2.75, 3.05) is 7.11 Å². The van der Waals surface area contributed by atoms with Crippen molar-refractivity contribution in [3.63, 3.8) is 0 Å². The van der Waals surface area contributed by atoms with E-state index in [-0.39, 0.29) is 6.10 Å². The van der Waals surface area contributed by atoms with Gasteiger partial charge >= 0.3 is 5.97 Å². The highest BCUT2D eigenvalue weighted by molar-refractivity contribution is 5.91. The van der Waals surface area contributed by atoms with E-state index >= 15 is 0 Å². The number of carbonyl (C=O) groups is 1. The fourth-order valence-corrected chi connectivity index (χ4v) is 3.16. The van der Waals surface area contributed by atoms with Gasteiger partial charge in [-0.25, -0.2) is 4.79 Å². The van der Waals surface area contributed by atoms with Gasteiger partial charge in [0.05, 0.1) is 18.8 Å². The minimum Gasteiger partial charge on any atom is -0.493 e. The van der Waals surface area contributed by atoms with Crippen LogP contribution in [0.2, 0.25) is 0 Å². The number of carboxylic acid groups (broad SMARTS) is 1. The van der Waals surface area contributed by atoms with E-state index in [1.54, 1.807) is 13.2 Å². The van der Waals surface area contributed by atoms with E-state index in [0.29, 0.717) is 17.1 Å². The number of ether oxygens (including phenoxy) is 2. The number of aromatic nitrogens is 1. The number of hydrogen-bond donors (Lipinski definition) is 1. The summed E-state index contributed by atoms with van der Waals surface area (Å²) >= 11 is 0. The van der Waals surface area contributed by atoms with Crippen molar-refractivity contribution in [3.05, 3.63) is 35.0 Å². The van der Waals surface area contributed by atoms with Crippen molar-refractivity contribution in [3.8, 4) is 22.8 Å². The molecule has 0 bridgehead atoms. The van der Waals surface area contributed by atoms with Crippen LogP contribution in [0.3, 0.4) is 0 Å². The standard InChI is InChI=1S/C18H21NO4/c1-10(2)23-17-9-14-12(7-16(17)22-4)5-6-19-11(3)13(18(20)21)8-15(14)19/h7-10H,5-6H2,1-4H3,(H,20,21). The minimum absolute atomic E-state index is 0.0358.